The van der Waals surface area contributed by atoms with Crippen molar-refractivity contribution in [3.8, 4) is 11.1 Å². The Morgan fingerprint density at radius 2 is 1.85 bits per heavy atom. The predicted molar refractivity (Wildman–Crippen MR) is 99.2 cm³/mol. The van der Waals surface area contributed by atoms with Crippen molar-refractivity contribution < 1.29 is 18.4 Å². The number of nitrogens with one attached hydrogen (secondary N) is 1. The van der Waals surface area contributed by atoms with E-state index in [9.17, 15) is 18.4 Å². The van der Waals surface area contributed by atoms with Crippen molar-refractivity contribution in [2.75, 3.05) is 13.1 Å². The monoisotopic (exact) mass is 372 g/mol. The van der Waals surface area contributed by atoms with Gasteiger partial charge in [0.25, 0.3) is 5.91 Å². The summed E-state index contributed by atoms with van der Waals surface area (Å²) in [7, 11) is 0. The Labute approximate surface area is 157 Å². The number of rotatable bonds is 3. The molecule has 2 amide bonds. The molecule has 2 aromatic rings. The first-order chi connectivity index (χ1) is 12.8. The molecule has 27 heavy (non-hydrogen) atoms. The van der Waals surface area contributed by atoms with E-state index >= 15 is 0 Å². The Morgan fingerprint density at radius 1 is 1.15 bits per heavy atom. The van der Waals surface area contributed by atoms with Gasteiger partial charge >= 0.3 is 0 Å². The fraction of sp³-hybridized carbons (Fsp3) is 0.333. The summed E-state index contributed by atoms with van der Waals surface area (Å²) in [6, 6.07) is 7.82. The second-order valence-electron chi connectivity index (χ2n) is 7.13. The molecule has 0 saturated carbocycles. The predicted octanol–water partition coefficient (Wildman–Crippen LogP) is 3.54. The van der Waals surface area contributed by atoms with Crippen molar-refractivity contribution in [3.05, 3.63) is 59.2 Å². The lowest BCUT2D eigenvalue weighted by Gasteiger charge is -2.37. The number of carbonyl (C=O) groups excluding carboxylic acids is 2. The standard InChI is InChI=1S/C21H22F2N2O2/c1-12(2)19-20(26)24-8-9-25(19)21(27)14-4-6-17(18(23)11-14)16-7-5-15(22)10-13(16)3/h4-7,10-12,19H,8-9H2,1-3H3,(H,24,26). The molecule has 142 valence electrons. The van der Waals surface area contributed by atoms with Gasteiger partial charge in [0.1, 0.15) is 17.7 Å². The summed E-state index contributed by atoms with van der Waals surface area (Å²) in [6.45, 7) is 6.21. The van der Waals surface area contributed by atoms with Crippen molar-refractivity contribution >= 4 is 11.8 Å². The first kappa shape index (κ1) is 19.0. The summed E-state index contributed by atoms with van der Waals surface area (Å²) in [6.07, 6.45) is 0. The molecule has 1 fully saturated rings. The minimum Gasteiger partial charge on any atom is -0.353 e. The molecule has 2 aromatic carbocycles. The molecule has 1 atom stereocenters. The normalized spacial score (nSPS) is 17.2. The molecule has 1 unspecified atom stereocenters. The minimum absolute atomic E-state index is 0.0553. The van der Waals surface area contributed by atoms with Crippen LogP contribution in [0.5, 0.6) is 0 Å². The van der Waals surface area contributed by atoms with Gasteiger partial charge in [0.05, 0.1) is 0 Å². The van der Waals surface area contributed by atoms with Gasteiger partial charge in [0.2, 0.25) is 5.91 Å². The van der Waals surface area contributed by atoms with Crippen molar-refractivity contribution in [3.63, 3.8) is 0 Å². The van der Waals surface area contributed by atoms with Gasteiger partial charge in [-0.25, -0.2) is 8.78 Å². The van der Waals surface area contributed by atoms with E-state index < -0.39 is 11.9 Å². The molecule has 4 nitrogen and oxygen atoms in total. The van der Waals surface area contributed by atoms with Crippen LogP contribution in [-0.2, 0) is 4.79 Å². The van der Waals surface area contributed by atoms with E-state index in [4.69, 9.17) is 0 Å². The van der Waals surface area contributed by atoms with Gasteiger partial charge in [0, 0.05) is 24.2 Å². The minimum atomic E-state index is -0.576. The molecule has 1 saturated heterocycles. The highest BCUT2D eigenvalue weighted by Gasteiger charge is 2.35. The highest BCUT2D eigenvalue weighted by molar-refractivity contribution is 5.98. The second-order valence-corrected chi connectivity index (χ2v) is 7.13. The number of hydrogen-bond donors (Lipinski definition) is 1. The first-order valence-electron chi connectivity index (χ1n) is 8.94. The molecule has 1 aliphatic rings. The summed E-state index contributed by atoms with van der Waals surface area (Å²) in [5.74, 6) is -1.56. The summed E-state index contributed by atoms with van der Waals surface area (Å²) < 4.78 is 28.0. The summed E-state index contributed by atoms with van der Waals surface area (Å²) in [4.78, 5) is 26.5. The van der Waals surface area contributed by atoms with Crippen LogP contribution in [0.25, 0.3) is 11.1 Å². The average molecular weight is 372 g/mol. The maximum Gasteiger partial charge on any atom is 0.254 e. The van der Waals surface area contributed by atoms with Gasteiger partial charge in [-0.1, -0.05) is 26.0 Å². The quantitative estimate of drug-likeness (QED) is 0.896. The number of hydrogen-bond acceptors (Lipinski definition) is 2. The molecular formula is C21H22F2N2O2. The average Bonchev–Trinajstić information content (AvgIpc) is 2.61. The number of benzene rings is 2. The summed E-state index contributed by atoms with van der Waals surface area (Å²) in [5.41, 5.74) is 1.68. The zero-order valence-corrected chi connectivity index (χ0v) is 15.6. The lowest BCUT2D eigenvalue weighted by atomic mass is 9.96. The lowest BCUT2D eigenvalue weighted by molar-refractivity contribution is -0.129. The smallest absolute Gasteiger partial charge is 0.254 e. The van der Waals surface area contributed by atoms with Crippen LogP contribution >= 0.6 is 0 Å². The molecule has 0 spiro atoms. The summed E-state index contributed by atoms with van der Waals surface area (Å²) in [5, 5.41) is 2.76. The van der Waals surface area contributed by atoms with Gasteiger partial charge in [-0.05, 0) is 48.2 Å². The maximum atomic E-state index is 14.7. The third-order valence-corrected chi connectivity index (χ3v) is 4.84. The van der Waals surface area contributed by atoms with Gasteiger partial charge in [0.15, 0.2) is 0 Å². The van der Waals surface area contributed by atoms with Gasteiger partial charge in [-0.3, -0.25) is 9.59 Å². The molecule has 0 aromatic heterocycles. The van der Waals surface area contributed by atoms with E-state index in [1.807, 2.05) is 13.8 Å². The maximum absolute atomic E-state index is 14.7. The topological polar surface area (TPSA) is 49.4 Å². The van der Waals surface area contributed by atoms with Crippen LogP contribution in [0.15, 0.2) is 36.4 Å². The Bertz CT molecular complexity index is 896. The van der Waals surface area contributed by atoms with E-state index in [1.165, 1.54) is 35.2 Å². The second kappa shape index (κ2) is 7.47. The number of carbonyl (C=O) groups is 2. The number of amides is 2. The third-order valence-electron chi connectivity index (χ3n) is 4.84. The van der Waals surface area contributed by atoms with Crippen LogP contribution in [0.4, 0.5) is 8.78 Å². The Morgan fingerprint density at radius 3 is 2.48 bits per heavy atom. The van der Waals surface area contributed by atoms with Crippen LogP contribution in [0.1, 0.15) is 29.8 Å². The number of halogens is 2. The van der Waals surface area contributed by atoms with Crippen molar-refractivity contribution in [1.29, 1.82) is 0 Å². The SMILES string of the molecule is Cc1cc(F)ccc1-c1ccc(C(=O)N2CCNC(=O)C2C(C)C)cc1F. The Balaban J connectivity index is 1.93. The fourth-order valence-corrected chi connectivity index (χ4v) is 3.54. The lowest BCUT2D eigenvalue weighted by Crippen LogP contribution is -2.59. The molecular weight excluding hydrogens is 350 g/mol. The van der Waals surface area contributed by atoms with E-state index in [1.54, 1.807) is 13.0 Å². The molecule has 1 N–H and O–H groups in total. The van der Waals surface area contributed by atoms with E-state index in [0.29, 0.717) is 29.8 Å². The number of piperazine rings is 1. The molecule has 0 radical (unpaired) electrons. The van der Waals surface area contributed by atoms with E-state index in [0.717, 1.165) is 0 Å². The van der Waals surface area contributed by atoms with Crippen LogP contribution in [0.2, 0.25) is 0 Å². The zero-order chi connectivity index (χ0) is 19.7. The Hall–Kier alpha value is -2.76. The van der Waals surface area contributed by atoms with Crippen LogP contribution in [0.3, 0.4) is 0 Å². The molecule has 3 rings (SSSR count). The van der Waals surface area contributed by atoms with Crippen molar-refractivity contribution in [2.45, 2.75) is 26.8 Å². The van der Waals surface area contributed by atoms with Crippen molar-refractivity contribution in [2.24, 2.45) is 5.92 Å². The molecule has 1 aliphatic heterocycles. The highest BCUT2D eigenvalue weighted by Crippen LogP contribution is 2.28. The fourth-order valence-electron chi connectivity index (χ4n) is 3.54. The van der Waals surface area contributed by atoms with Crippen LogP contribution < -0.4 is 5.32 Å². The largest absolute Gasteiger partial charge is 0.353 e. The van der Waals surface area contributed by atoms with Gasteiger partial charge in [-0.2, -0.15) is 0 Å². The van der Waals surface area contributed by atoms with E-state index in [-0.39, 0.29) is 29.1 Å². The Kier molecular flexibility index (Phi) is 5.26. The zero-order valence-electron chi connectivity index (χ0n) is 15.6. The molecule has 6 heteroatoms. The van der Waals surface area contributed by atoms with Crippen LogP contribution in [0, 0.1) is 24.5 Å². The molecule has 1 heterocycles. The van der Waals surface area contributed by atoms with E-state index in [2.05, 4.69) is 5.32 Å². The van der Waals surface area contributed by atoms with Crippen molar-refractivity contribution in [1.82, 2.24) is 10.2 Å². The highest BCUT2D eigenvalue weighted by atomic mass is 19.1. The van der Waals surface area contributed by atoms with Gasteiger partial charge < -0.3 is 10.2 Å². The summed E-state index contributed by atoms with van der Waals surface area (Å²) >= 11 is 0. The molecule has 0 bridgehead atoms. The first-order valence-corrected chi connectivity index (χ1v) is 8.94. The van der Waals surface area contributed by atoms with Gasteiger partial charge in [-0.15, -0.1) is 0 Å². The number of aryl methyl sites for hydroxylation is 1. The van der Waals surface area contributed by atoms with Crippen LogP contribution in [-0.4, -0.2) is 35.8 Å². The third kappa shape index (κ3) is 3.70. The number of nitrogens with zero attached hydrogens (tertiary/aromatic N) is 1. The molecule has 0 aliphatic carbocycles.